The van der Waals surface area contributed by atoms with E-state index in [1.807, 2.05) is 45.4 Å². The Bertz CT molecular complexity index is 927. The Morgan fingerprint density at radius 2 is 2.03 bits per heavy atom. The number of carbonyl (C=O) groups is 2. The zero-order chi connectivity index (χ0) is 22.2. The van der Waals surface area contributed by atoms with Crippen molar-refractivity contribution < 1.29 is 14.7 Å². The van der Waals surface area contributed by atoms with Crippen molar-refractivity contribution in [1.82, 2.24) is 35.0 Å². The van der Waals surface area contributed by atoms with E-state index in [2.05, 4.69) is 20.7 Å². The molecule has 0 bridgehead atoms. The number of likely N-dealkylation sites (N-methyl/N-ethyl adjacent to an activating group) is 1. The monoisotopic (exact) mass is 417 g/mol. The lowest BCUT2D eigenvalue weighted by atomic mass is 9.85. The van der Waals surface area contributed by atoms with E-state index >= 15 is 0 Å². The molecule has 3 atom stereocenters. The van der Waals surface area contributed by atoms with Crippen LogP contribution in [0.3, 0.4) is 0 Å². The van der Waals surface area contributed by atoms with Gasteiger partial charge in [-0.25, -0.2) is 4.68 Å². The second-order valence-electron chi connectivity index (χ2n) is 9.05. The van der Waals surface area contributed by atoms with Crippen LogP contribution in [-0.2, 0) is 16.1 Å². The smallest absolute Gasteiger partial charge is 0.248 e. The lowest BCUT2D eigenvalue weighted by Gasteiger charge is -2.34. The zero-order valence-corrected chi connectivity index (χ0v) is 18.5. The van der Waals surface area contributed by atoms with Crippen LogP contribution in [0.4, 0.5) is 0 Å². The summed E-state index contributed by atoms with van der Waals surface area (Å²) in [5, 5.41) is 25.6. The molecule has 1 fully saturated rings. The molecule has 2 N–H and O–H groups in total. The van der Waals surface area contributed by atoms with Gasteiger partial charge in [0.25, 0.3) is 0 Å². The van der Waals surface area contributed by atoms with Crippen molar-refractivity contribution in [1.29, 1.82) is 0 Å². The predicted molar refractivity (Wildman–Crippen MR) is 110 cm³/mol. The van der Waals surface area contributed by atoms with E-state index in [0.717, 1.165) is 11.4 Å². The van der Waals surface area contributed by atoms with Crippen LogP contribution in [0.25, 0.3) is 0 Å². The first kappa shape index (κ1) is 21.9. The van der Waals surface area contributed by atoms with E-state index in [9.17, 15) is 14.7 Å². The molecule has 0 aromatic carbocycles. The number of rotatable bonds is 5. The highest BCUT2D eigenvalue weighted by molar-refractivity contribution is 5.90. The van der Waals surface area contributed by atoms with Crippen molar-refractivity contribution in [2.75, 3.05) is 13.6 Å². The number of likely N-dealkylation sites (tertiary alicyclic amines) is 1. The highest BCUT2D eigenvalue weighted by Gasteiger charge is 2.44. The van der Waals surface area contributed by atoms with Crippen LogP contribution < -0.4 is 5.32 Å². The Morgan fingerprint density at radius 3 is 2.60 bits per heavy atom. The van der Waals surface area contributed by atoms with E-state index in [1.54, 1.807) is 10.9 Å². The van der Waals surface area contributed by atoms with Gasteiger partial charge in [-0.15, -0.1) is 5.10 Å². The number of hydrogen-bond donors (Lipinski definition) is 2. The van der Waals surface area contributed by atoms with E-state index in [0.29, 0.717) is 12.2 Å². The predicted octanol–water partition coefficient (Wildman–Crippen LogP) is 0.435. The fraction of sp³-hybridized carbons (Fsp3) is 0.650. The van der Waals surface area contributed by atoms with E-state index < -0.39 is 23.6 Å². The summed E-state index contributed by atoms with van der Waals surface area (Å²) in [6.07, 6.45) is 1.25. The number of aliphatic hydroxyl groups is 1. The second-order valence-corrected chi connectivity index (χ2v) is 9.05. The molecule has 3 heterocycles. The molecular weight excluding hydrogens is 386 g/mol. The van der Waals surface area contributed by atoms with Crippen LogP contribution in [0.2, 0.25) is 0 Å². The third-order valence-electron chi connectivity index (χ3n) is 5.40. The molecule has 10 nitrogen and oxygen atoms in total. The Hall–Kier alpha value is -2.75. The van der Waals surface area contributed by atoms with Gasteiger partial charge in [-0.05, 0) is 25.3 Å². The van der Waals surface area contributed by atoms with Crippen molar-refractivity contribution >= 4 is 11.8 Å². The van der Waals surface area contributed by atoms with Crippen LogP contribution in [0.5, 0.6) is 0 Å². The van der Waals surface area contributed by atoms with Gasteiger partial charge < -0.3 is 15.3 Å². The number of amides is 2. The number of aryl methyl sites for hydroxylation is 2. The van der Waals surface area contributed by atoms with Crippen molar-refractivity contribution in [2.45, 2.75) is 65.8 Å². The number of aromatic nitrogens is 5. The van der Waals surface area contributed by atoms with Gasteiger partial charge >= 0.3 is 0 Å². The summed E-state index contributed by atoms with van der Waals surface area (Å²) in [6, 6.07) is 0.625. The maximum absolute atomic E-state index is 13.5. The molecule has 2 aromatic rings. The maximum Gasteiger partial charge on any atom is 0.248 e. The number of carbonyl (C=O) groups excluding carboxylic acids is 2. The number of aliphatic hydroxyl groups excluding tert-OH is 1. The standard InChI is InChI=1S/C20H31N7O3/c1-12-7-13(2)26(23-12)9-14-10-27(24-22-14)17(20(3,4)5)19(30)25-11-15(28)8-16(25)18(29)21-6/h7,10,15-17,28H,8-9,11H2,1-6H3,(H,21,29)/t15-,16+,17-/m1/s1. The van der Waals surface area contributed by atoms with Crippen LogP contribution in [0.15, 0.2) is 12.3 Å². The molecule has 0 radical (unpaired) electrons. The molecule has 0 unspecified atom stereocenters. The zero-order valence-electron chi connectivity index (χ0n) is 18.5. The van der Waals surface area contributed by atoms with Gasteiger partial charge in [0.1, 0.15) is 17.8 Å². The van der Waals surface area contributed by atoms with Gasteiger partial charge in [0.05, 0.1) is 24.5 Å². The molecule has 0 spiro atoms. The second kappa shape index (κ2) is 8.17. The van der Waals surface area contributed by atoms with Gasteiger partial charge in [0.2, 0.25) is 11.8 Å². The van der Waals surface area contributed by atoms with E-state index in [-0.39, 0.29) is 24.8 Å². The molecule has 1 saturated heterocycles. The van der Waals surface area contributed by atoms with Crippen molar-refractivity contribution in [3.63, 3.8) is 0 Å². The summed E-state index contributed by atoms with van der Waals surface area (Å²) in [6.45, 7) is 10.3. The van der Waals surface area contributed by atoms with Gasteiger partial charge in [-0.3, -0.25) is 14.3 Å². The lowest BCUT2D eigenvalue weighted by Crippen LogP contribution is -2.49. The molecule has 2 amide bonds. The fourth-order valence-electron chi connectivity index (χ4n) is 4.01. The first-order valence-electron chi connectivity index (χ1n) is 10.1. The maximum atomic E-state index is 13.5. The Balaban J connectivity index is 1.88. The third kappa shape index (κ3) is 4.38. The quantitative estimate of drug-likeness (QED) is 0.729. The number of nitrogens with zero attached hydrogens (tertiary/aromatic N) is 6. The summed E-state index contributed by atoms with van der Waals surface area (Å²) in [5.41, 5.74) is 2.15. The van der Waals surface area contributed by atoms with E-state index in [1.165, 1.54) is 11.9 Å². The average molecular weight is 418 g/mol. The normalized spacial score (nSPS) is 20.4. The van der Waals surface area contributed by atoms with Crippen molar-refractivity contribution in [2.24, 2.45) is 5.41 Å². The molecular formula is C20H31N7O3. The van der Waals surface area contributed by atoms with Crippen LogP contribution in [-0.4, -0.2) is 72.3 Å². The molecule has 1 aliphatic heterocycles. The summed E-state index contributed by atoms with van der Waals surface area (Å²) in [7, 11) is 1.53. The first-order chi connectivity index (χ1) is 14.0. The molecule has 0 saturated carbocycles. The summed E-state index contributed by atoms with van der Waals surface area (Å²) in [5.74, 6) is -0.536. The lowest BCUT2D eigenvalue weighted by molar-refractivity contribution is -0.144. The minimum absolute atomic E-state index is 0.122. The van der Waals surface area contributed by atoms with Crippen molar-refractivity contribution in [3.8, 4) is 0 Å². The molecule has 2 aromatic heterocycles. The van der Waals surface area contributed by atoms with Crippen molar-refractivity contribution in [3.05, 3.63) is 29.3 Å². The first-order valence-corrected chi connectivity index (χ1v) is 10.1. The summed E-state index contributed by atoms with van der Waals surface area (Å²) in [4.78, 5) is 27.2. The van der Waals surface area contributed by atoms with E-state index in [4.69, 9.17) is 0 Å². The number of hydrogen-bond acceptors (Lipinski definition) is 6. The molecule has 164 valence electrons. The Kier molecular flexibility index (Phi) is 5.98. The number of β-amino-alcohol motifs (C(OH)–C–C–N with tert-alkyl or cyclic N) is 1. The fourth-order valence-corrected chi connectivity index (χ4v) is 4.01. The minimum Gasteiger partial charge on any atom is -0.391 e. The van der Waals surface area contributed by atoms with Gasteiger partial charge in [0, 0.05) is 25.7 Å². The topological polar surface area (TPSA) is 118 Å². The van der Waals surface area contributed by atoms with Crippen LogP contribution in [0, 0.1) is 19.3 Å². The Labute approximate surface area is 176 Å². The summed E-state index contributed by atoms with van der Waals surface area (Å²) < 4.78 is 3.41. The average Bonchev–Trinajstić information content (AvgIpc) is 3.33. The SMILES string of the molecule is CNC(=O)[C@@H]1C[C@@H](O)CN1C(=O)[C@@H](n1cc(Cn2nc(C)cc2C)nn1)C(C)(C)C. The Morgan fingerprint density at radius 1 is 1.33 bits per heavy atom. The third-order valence-corrected chi connectivity index (χ3v) is 5.40. The van der Waals surface area contributed by atoms with Gasteiger partial charge in [-0.1, -0.05) is 26.0 Å². The van der Waals surface area contributed by atoms with Crippen LogP contribution in [0.1, 0.15) is 50.3 Å². The molecule has 3 rings (SSSR count). The highest BCUT2D eigenvalue weighted by Crippen LogP contribution is 2.34. The summed E-state index contributed by atoms with van der Waals surface area (Å²) >= 11 is 0. The van der Waals surface area contributed by atoms with Gasteiger partial charge in [-0.2, -0.15) is 5.10 Å². The highest BCUT2D eigenvalue weighted by atomic mass is 16.3. The minimum atomic E-state index is -0.728. The molecule has 10 heteroatoms. The number of nitrogens with one attached hydrogen (secondary N) is 1. The molecule has 1 aliphatic rings. The molecule has 0 aliphatic carbocycles. The largest absolute Gasteiger partial charge is 0.391 e. The van der Waals surface area contributed by atoms with Crippen LogP contribution >= 0.6 is 0 Å². The van der Waals surface area contributed by atoms with Gasteiger partial charge in [0.15, 0.2) is 0 Å². The molecule has 30 heavy (non-hydrogen) atoms.